The molecule has 26 heavy (non-hydrogen) atoms. The average molecular weight is 370 g/mol. The van der Waals surface area contributed by atoms with Crippen LogP contribution in [0.3, 0.4) is 0 Å². The highest BCUT2D eigenvalue weighted by Gasteiger charge is 2.36. The first-order valence-electron chi connectivity index (χ1n) is 8.86. The van der Waals surface area contributed by atoms with Gasteiger partial charge in [0.05, 0.1) is 11.1 Å². The first-order chi connectivity index (χ1) is 12.4. The molecule has 0 saturated heterocycles. The normalized spacial score (nSPS) is 14.7. The minimum Gasteiger partial charge on any atom is -0.314 e. The summed E-state index contributed by atoms with van der Waals surface area (Å²) >= 11 is 6.10. The third kappa shape index (κ3) is 3.93. The lowest BCUT2D eigenvalue weighted by molar-refractivity contribution is 0.514. The van der Waals surface area contributed by atoms with Gasteiger partial charge >= 0.3 is 0 Å². The molecule has 5 nitrogen and oxygen atoms in total. The maximum absolute atomic E-state index is 8.09. The summed E-state index contributed by atoms with van der Waals surface area (Å²) in [5.41, 5.74) is 0.997. The minimum atomic E-state index is -0.426. The van der Waals surface area contributed by atoms with Crippen LogP contribution in [-0.2, 0) is 12.0 Å². The van der Waals surface area contributed by atoms with Crippen LogP contribution in [0.2, 0.25) is 5.15 Å². The van der Waals surface area contributed by atoms with Crippen LogP contribution in [0.1, 0.15) is 56.4 Å². The number of allylic oxidation sites excluding steroid dienone is 3. The minimum absolute atomic E-state index is 0.426. The van der Waals surface area contributed by atoms with Crippen molar-refractivity contribution in [1.82, 2.24) is 19.7 Å². The first kappa shape index (κ1) is 18.5. The summed E-state index contributed by atoms with van der Waals surface area (Å²) in [4.78, 5) is 4.49. The van der Waals surface area contributed by atoms with Gasteiger partial charge in [-0.3, -0.25) is 0 Å². The molecule has 6 heteroatoms. The van der Waals surface area contributed by atoms with Gasteiger partial charge in [0.25, 0.3) is 0 Å². The molecular weight excluding hydrogens is 346 g/mol. The lowest BCUT2D eigenvalue weighted by Gasteiger charge is -2.24. The van der Waals surface area contributed by atoms with E-state index in [2.05, 4.69) is 40.2 Å². The Morgan fingerprint density at radius 3 is 2.81 bits per heavy atom. The second-order valence-corrected chi connectivity index (χ2v) is 7.54. The largest absolute Gasteiger partial charge is 0.314 e. The van der Waals surface area contributed by atoms with Crippen LogP contribution in [0.25, 0.3) is 0 Å². The van der Waals surface area contributed by atoms with Crippen LogP contribution < -0.4 is 0 Å². The van der Waals surface area contributed by atoms with Gasteiger partial charge in [-0.2, -0.15) is 0 Å². The van der Waals surface area contributed by atoms with Gasteiger partial charge in [0.2, 0.25) is 0 Å². The molecule has 1 N–H and O–H groups in total. The summed E-state index contributed by atoms with van der Waals surface area (Å²) in [6.45, 7) is 8.51. The molecular formula is C20H24ClN5. The van der Waals surface area contributed by atoms with Gasteiger partial charge in [-0.05, 0) is 44.9 Å². The molecule has 0 atom stereocenters. The number of nitrogens with one attached hydrogen (secondary N) is 1. The Labute approximate surface area is 159 Å². The third-order valence-corrected chi connectivity index (χ3v) is 4.89. The van der Waals surface area contributed by atoms with Crippen LogP contribution in [0, 0.1) is 5.41 Å². The molecule has 0 unspecified atom stereocenters. The van der Waals surface area contributed by atoms with E-state index in [0.717, 1.165) is 30.2 Å². The fraction of sp³-hybridized carbons (Fsp3) is 0.400. The lowest BCUT2D eigenvalue weighted by Crippen LogP contribution is -2.27. The highest BCUT2D eigenvalue weighted by Crippen LogP contribution is 2.41. The van der Waals surface area contributed by atoms with Gasteiger partial charge in [-0.1, -0.05) is 36.4 Å². The molecule has 2 aromatic rings. The molecule has 0 bridgehead atoms. The zero-order valence-corrected chi connectivity index (χ0v) is 16.0. The maximum Gasteiger partial charge on any atom is 0.144 e. The van der Waals surface area contributed by atoms with E-state index in [4.69, 9.17) is 17.0 Å². The molecule has 0 radical (unpaired) electrons. The number of hydrogen-bond acceptors (Lipinski definition) is 4. The molecule has 1 aliphatic rings. The quantitative estimate of drug-likeness (QED) is 0.417. The molecule has 136 valence electrons. The Bertz CT molecular complexity index is 846. The fourth-order valence-electron chi connectivity index (χ4n) is 3.01. The average Bonchev–Trinajstić information content (AvgIpc) is 3.37. The molecule has 0 aromatic carbocycles. The molecule has 1 saturated carbocycles. The van der Waals surface area contributed by atoms with E-state index in [9.17, 15) is 0 Å². The predicted octanol–water partition coefficient (Wildman–Crippen LogP) is 4.68. The van der Waals surface area contributed by atoms with Crippen molar-refractivity contribution in [2.45, 2.75) is 51.0 Å². The zero-order valence-electron chi connectivity index (χ0n) is 15.2. The topological polar surface area (TPSA) is 67.5 Å². The first-order valence-corrected chi connectivity index (χ1v) is 9.24. The van der Waals surface area contributed by atoms with Gasteiger partial charge in [-0.15, -0.1) is 10.2 Å². The van der Waals surface area contributed by atoms with Crippen molar-refractivity contribution in [2.75, 3.05) is 0 Å². The van der Waals surface area contributed by atoms with E-state index >= 15 is 0 Å². The monoisotopic (exact) mass is 369 g/mol. The van der Waals surface area contributed by atoms with Gasteiger partial charge in [-0.25, -0.2) is 4.98 Å². The molecule has 2 aromatic heterocycles. The Morgan fingerprint density at radius 2 is 2.15 bits per heavy atom. The highest BCUT2D eigenvalue weighted by atomic mass is 35.5. The Balaban J connectivity index is 1.93. The van der Waals surface area contributed by atoms with E-state index in [0.29, 0.717) is 29.7 Å². The van der Waals surface area contributed by atoms with E-state index in [1.165, 1.54) is 0 Å². The summed E-state index contributed by atoms with van der Waals surface area (Å²) in [6, 6.07) is 5.65. The zero-order chi connectivity index (χ0) is 18.7. The number of rotatable bonds is 8. The van der Waals surface area contributed by atoms with Gasteiger partial charge in [0.1, 0.15) is 16.8 Å². The number of aromatic nitrogens is 4. The van der Waals surface area contributed by atoms with Crippen molar-refractivity contribution in [3.63, 3.8) is 0 Å². The van der Waals surface area contributed by atoms with Crippen molar-refractivity contribution in [2.24, 2.45) is 0 Å². The van der Waals surface area contributed by atoms with Gasteiger partial charge in [0, 0.05) is 24.6 Å². The Kier molecular flexibility index (Phi) is 5.37. The molecule has 1 aliphatic carbocycles. The van der Waals surface area contributed by atoms with Crippen LogP contribution in [0.5, 0.6) is 0 Å². The molecule has 0 aliphatic heterocycles. The van der Waals surface area contributed by atoms with Gasteiger partial charge < -0.3 is 9.98 Å². The molecule has 3 rings (SSSR count). The number of hydrogen-bond donors (Lipinski definition) is 1. The van der Waals surface area contributed by atoms with E-state index in [-0.39, 0.29) is 0 Å². The third-order valence-electron chi connectivity index (χ3n) is 4.67. The number of nitrogens with zero attached hydrogens (tertiary/aromatic N) is 4. The summed E-state index contributed by atoms with van der Waals surface area (Å²) in [7, 11) is 0. The second-order valence-electron chi connectivity index (χ2n) is 7.15. The molecule has 0 spiro atoms. The van der Waals surface area contributed by atoms with Crippen LogP contribution in [0.4, 0.5) is 0 Å². The van der Waals surface area contributed by atoms with Gasteiger partial charge in [0.15, 0.2) is 0 Å². The summed E-state index contributed by atoms with van der Waals surface area (Å²) < 4.78 is 2.18. The fourth-order valence-corrected chi connectivity index (χ4v) is 3.18. The van der Waals surface area contributed by atoms with E-state index < -0.39 is 5.41 Å². The summed E-state index contributed by atoms with van der Waals surface area (Å²) in [5, 5.41) is 17.6. The predicted molar refractivity (Wildman–Crippen MR) is 105 cm³/mol. The van der Waals surface area contributed by atoms with Crippen LogP contribution in [0.15, 0.2) is 43.0 Å². The number of halogens is 1. The SMILES string of the molecule is C=C/C=C\C(=N)CCn1c(C2CC2)nnc1C(C)(C)c1cccc(Cl)n1. The van der Waals surface area contributed by atoms with Crippen molar-refractivity contribution >= 4 is 17.3 Å². The second kappa shape index (κ2) is 7.54. The van der Waals surface area contributed by atoms with Crippen molar-refractivity contribution < 1.29 is 0 Å². The van der Waals surface area contributed by atoms with Crippen LogP contribution in [-0.4, -0.2) is 25.5 Å². The van der Waals surface area contributed by atoms with Crippen molar-refractivity contribution in [3.05, 3.63) is 65.5 Å². The Hall–Kier alpha value is -2.27. The van der Waals surface area contributed by atoms with E-state index in [1.54, 1.807) is 24.3 Å². The van der Waals surface area contributed by atoms with Crippen molar-refractivity contribution in [1.29, 1.82) is 5.41 Å². The van der Waals surface area contributed by atoms with Crippen molar-refractivity contribution in [3.8, 4) is 0 Å². The highest BCUT2D eigenvalue weighted by molar-refractivity contribution is 6.29. The lowest BCUT2D eigenvalue weighted by atomic mass is 9.87. The summed E-state index contributed by atoms with van der Waals surface area (Å²) in [5.74, 6) is 2.38. The summed E-state index contributed by atoms with van der Waals surface area (Å²) in [6.07, 6.45) is 8.18. The molecule has 0 amide bonds. The molecule has 1 fully saturated rings. The smallest absolute Gasteiger partial charge is 0.144 e. The molecule has 2 heterocycles. The Morgan fingerprint density at radius 1 is 1.38 bits per heavy atom. The maximum atomic E-state index is 8.09. The standard InChI is InChI=1S/C20H24ClN5/c1-4-5-7-15(22)12-13-26-18(14-10-11-14)24-25-19(26)20(2,3)16-8-6-9-17(21)23-16/h4-9,14,22H,1,10-13H2,2-3H3/b7-5-,22-15?. The van der Waals surface area contributed by atoms with E-state index in [1.807, 2.05) is 12.1 Å². The number of pyridine rings is 1. The van der Waals surface area contributed by atoms with Crippen LogP contribution >= 0.6 is 11.6 Å².